The highest BCUT2D eigenvalue weighted by Gasteiger charge is 2.14. The molecule has 5 nitrogen and oxygen atoms in total. The quantitative estimate of drug-likeness (QED) is 0.864. The van der Waals surface area contributed by atoms with E-state index in [0.29, 0.717) is 0 Å². The van der Waals surface area contributed by atoms with E-state index in [9.17, 15) is 17.6 Å². The average Bonchev–Trinajstić information content (AvgIpc) is 2.50. The van der Waals surface area contributed by atoms with E-state index >= 15 is 0 Å². The first-order valence-corrected chi connectivity index (χ1v) is 8.55. The minimum atomic E-state index is -3.58. The van der Waals surface area contributed by atoms with Gasteiger partial charge in [-0.15, -0.1) is 0 Å². The van der Waals surface area contributed by atoms with E-state index in [1.807, 2.05) is 0 Å². The molecule has 0 bridgehead atoms. The fourth-order valence-electron chi connectivity index (χ4n) is 1.84. The van der Waals surface area contributed by atoms with Gasteiger partial charge >= 0.3 is 0 Å². The maximum absolute atomic E-state index is 13.6. The summed E-state index contributed by atoms with van der Waals surface area (Å²) in [6.45, 7) is 1.93. The molecule has 2 aromatic carbocycles. The lowest BCUT2D eigenvalue weighted by molar-refractivity contribution is 0.102. The molecule has 2 rings (SSSR count). The highest BCUT2D eigenvalue weighted by Crippen LogP contribution is 2.20. The maximum Gasteiger partial charge on any atom is 0.255 e. The third-order valence-corrected chi connectivity index (χ3v) is 4.74. The van der Waals surface area contributed by atoms with Crippen molar-refractivity contribution in [2.45, 2.75) is 11.8 Å². The van der Waals surface area contributed by atoms with Crippen LogP contribution in [0.4, 0.5) is 10.1 Å². The van der Waals surface area contributed by atoms with Gasteiger partial charge < -0.3 is 5.32 Å². The molecule has 23 heavy (non-hydrogen) atoms. The van der Waals surface area contributed by atoms with E-state index < -0.39 is 21.7 Å². The fraction of sp³-hybridized carbons (Fsp3) is 0.133. The van der Waals surface area contributed by atoms with Crippen molar-refractivity contribution in [2.24, 2.45) is 0 Å². The van der Waals surface area contributed by atoms with Crippen molar-refractivity contribution in [1.82, 2.24) is 4.72 Å². The molecule has 0 spiro atoms. The molecule has 0 unspecified atom stereocenters. The van der Waals surface area contributed by atoms with Gasteiger partial charge in [-0.2, -0.15) is 0 Å². The number of hydrogen-bond donors (Lipinski definition) is 2. The van der Waals surface area contributed by atoms with Crippen molar-refractivity contribution < 1.29 is 17.6 Å². The molecule has 0 atom stereocenters. The van der Waals surface area contributed by atoms with Crippen LogP contribution in [0, 0.1) is 5.82 Å². The minimum absolute atomic E-state index is 0.0104. The Morgan fingerprint density at radius 3 is 2.39 bits per heavy atom. The number of halogens is 2. The Morgan fingerprint density at radius 1 is 1.17 bits per heavy atom. The number of rotatable bonds is 5. The van der Waals surface area contributed by atoms with Crippen LogP contribution in [0.15, 0.2) is 47.4 Å². The highest BCUT2D eigenvalue weighted by atomic mass is 35.5. The first-order valence-electron chi connectivity index (χ1n) is 6.69. The zero-order valence-corrected chi connectivity index (χ0v) is 13.7. The Morgan fingerprint density at radius 2 is 1.83 bits per heavy atom. The zero-order valence-electron chi connectivity index (χ0n) is 12.1. The second kappa shape index (κ2) is 7.08. The third kappa shape index (κ3) is 4.28. The normalized spacial score (nSPS) is 11.3. The summed E-state index contributed by atoms with van der Waals surface area (Å²) in [4.78, 5) is 12.1. The van der Waals surface area contributed by atoms with Crippen LogP contribution in [-0.2, 0) is 10.0 Å². The van der Waals surface area contributed by atoms with Crippen LogP contribution < -0.4 is 10.0 Å². The Bertz CT molecular complexity index is 823. The van der Waals surface area contributed by atoms with E-state index in [0.717, 1.165) is 6.07 Å². The van der Waals surface area contributed by atoms with Gasteiger partial charge in [0, 0.05) is 17.1 Å². The number of nitrogens with one attached hydrogen (secondary N) is 2. The predicted molar refractivity (Wildman–Crippen MR) is 86.7 cm³/mol. The first-order chi connectivity index (χ1) is 10.8. The molecule has 2 N–H and O–H groups in total. The van der Waals surface area contributed by atoms with Gasteiger partial charge in [0.15, 0.2) is 0 Å². The third-order valence-electron chi connectivity index (χ3n) is 2.94. The summed E-state index contributed by atoms with van der Waals surface area (Å²) < 4.78 is 39.6. The summed E-state index contributed by atoms with van der Waals surface area (Å²) in [7, 11) is -3.58. The molecule has 0 aliphatic heterocycles. The van der Waals surface area contributed by atoms with Crippen LogP contribution in [0.25, 0.3) is 0 Å². The van der Waals surface area contributed by atoms with E-state index in [2.05, 4.69) is 10.0 Å². The lowest BCUT2D eigenvalue weighted by Gasteiger charge is -2.08. The number of amides is 1. The lowest BCUT2D eigenvalue weighted by Crippen LogP contribution is -2.23. The number of hydrogen-bond acceptors (Lipinski definition) is 3. The van der Waals surface area contributed by atoms with Crippen LogP contribution >= 0.6 is 11.6 Å². The molecular formula is C15H14ClFN2O3S. The SMILES string of the molecule is CCNS(=O)(=O)c1ccc(C(=O)Nc2ccc(Cl)cc2F)cc1. The van der Waals surface area contributed by atoms with Gasteiger partial charge in [0.2, 0.25) is 10.0 Å². The first kappa shape index (κ1) is 17.4. The molecule has 1 amide bonds. The van der Waals surface area contributed by atoms with Crippen molar-refractivity contribution in [1.29, 1.82) is 0 Å². The van der Waals surface area contributed by atoms with Crippen molar-refractivity contribution in [2.75, 3.05) is 11.9 Å². The number of anilines is 1. The van der Waals surface area contributed by atoms with Crippen molar-refractivity contribution in [3.63, 3.8) is 0 Å². The van der Waals surface area contributed by atoms with Gasteiger partial charge in [0.1, 0.15) is 5.82 Å². The molecular weight excluding hydrogens is 343 g/mol. The molecule has 8 heteroatoms. The zero-order chi connectivity index (χ0) is 17.0. The standard InChI is InChI=1S/C15H14ClFN2O3S/c1-2-18-23(21,22)12-6-3-10(4-7-12)15(20)19-14-8-5-11(16)9-13(14)17/h3-9,18H,2H2,1H3,(H,19,20). The van der Waals surface area contributed by atoms with Gasteiger partial charge in [0.05, 0.1) is 10.6 Å². The van der Waals surface area contributed by atoms with Gasteiger partial charge in [0.25, 0.3) is 5.91 Å². The Balaban J connectivity index is 2.17. The topological polar surface area (TPSA) is 75.3 Å². The lowest BCUT2D eigenvalue weighted by atomic mass is 10.2. The van der Waals surface area contributed by atoms with E-state index in [1.54, 1.807) is 6.92 Å². The summed E-state index contributed by atoms with van der Waals surface area (Å²) >= 11 is 5.64. The molecule has 0 saturated heterocycles. The van der Waals surface area contributed by atoms with E-state index in [-0.39, 0.29) is 27.7 Å². The predicted octanol–water partition coefficient (Wildman–Crippen LogP) is 3.03. The largest absolute Gasteiger partial charge is 0.319 e. The summed E-state index contributed by atoms with van der Waals surface area (Å²) in [6, 6.07) is 9.21. The van der Waals surface area contributed by atoms with Crippen LogP contribution in [-0.4, -0.2) is 20.9 Å². The second-order valence-corrected chi connectivity index (χ2v) is 6.81. The molecule has 0 fully saturated rings. The van der Waals surface area contributed by atoms with Crippen LogP contribution in [0.2, 0.25) is 5.02 Å². The Kier molecular flexibility index (Phi) is 5.35. The molecule has 2 aromatic rings. The maximum atomic E-state index is 13.6. The monoisotopic (exact) mass is 356 g/mol. The number of sulfonamides is 1. The number of benzene rings is 2. The Hall–Kier alpha value is -1.96. The van der Waals surface area contributed by atoms with Gasteiger partial charge in [-0.3, -0.25) is 4.79 Å². The molecule has 0 radical (unpaired) electrons. The van der Waals surface area contributed by atoms with Gasteiger partial charge in [-0.25, -0.2) is 17.5 Å². The van der Waals surface area contributed by atoms with Crippen LogP contribution in [0.3, 0.4) is 0 Å². The van der Waals surface area contributed by atoms with Gasteiger partial charge in [-0.05, 0) is 42.5 Å². The molecule has 0 heterocycles. The van der Waals surface area contributed by atoms with E-state index in [1.165, 1.54) is 36.4 Å². The molecule has 0 saturated carbocycles. The second-order valence-electron chi connectivity index (χ2n) is 4.60. The minimum Gasteiger partial charge on any atom is -0.319 e. The van der Waals surface area contributed by atoms with Crippen molar-refractivity contribution in [3.05, 3.63) is 58.9 Å². The average molecular weight is 357 g/mol. The Labute approximate surface area is 138 Å². The molecule has 0 aliphatic rings. The smallest absolute Gasteiger partial charge is 0.255 e. The summed E-state index contributed by atoms with van der Waals surface area (Å²) in [6.07, 6.45) is 0. The van der Waals surface area contributed by atoms with Gasteiger partial charge in [-0.1, -0.05) is 18.5 Å². The summed E-state index contributed by atoms with van der Waals surface area (Å²) in [5, 5.41) is 2.62. The summed E-state index contributed by atoms with van der Waals surface area (Å²) in [5.41, 5.74) is 0.193. The molecule has 0 aliphatic carbocycles. The fourth-order valence-corrected chi connectivity index (χ4v) is 3.04. The van der Waals surface area contributed by atoms with Crippen LogP contribution in [0.5, 0.6) is 0 Å². The number of carbonyl (C=O) groups is 1. The van der Waals surface area contributed by atoms with Crippen molar-refractivity contribution in [3.8, 4) is 0 Å². The van der Waals surface area contributed by atoms with Crippen molar-refractivity contribution >= 4 is 33.2 Å². The highest BCUT2D eigenvalue weighted by molar-refractivity contribution is 7.89. The number of carbonyl (C=O) groups excluding carboxylic acids is 1. The molecule has 0 aromatic heterocycles. The summed E-state index contributed by atoms with van der Waals surface area (Å²) in [5.74, 6) is -1.21. The van der Waals surface area contributed by atoms with E-state index in [4.69, 9.17) is 11.6 Å². The van der Waals surface area contributed by atoms with Crippen LogP contribution in [0.1, 0.15) is 17.3 Å². The molecule has 122 valence electrons.